The highest BCUT2D eigenvalue weighted by Gasteiger charge is 2.16. The summed E-state index contributed by atoms with van der Waals surface area (Å²) in [5.74, 6) is -0.740. The molecule has 1 aromatic carbocycles. The van der Waals surface area contributed by atoms with Crippen molar-refractivity contribution in [3.05, 3.63) is 48.2 Å². The summed E-state index contributed by atoms with van der Waals surface area (Å²) < 4.78 is 0. The molecule has 0 radical (unpaired) electrons. The van der Waals surface area contributed by atoms with Gasteiger partial charge in [0, 0.05) is 11.8 Å². The third-order valence-electron chi connectivity index (χ3n) is 2.60. The van der Waals surface area contributed by atoms with Gasteiger partial charge in [-0.15, -0.1) is 0 Å². The van der Waals surface area contributed by atoms with Crippen molar-refractivity contribution in [1.29, 1.82) is 0 Å². The summed E-state index contributed by atoms with van der Waals surface area (Å²) in [5, 5.41) is 18.5. The van der Waals surface area contributed by atoms with Crippen LogP contribution in [0.4, 0.5) is 0 Å². The van der Waals surface area contributed by atoms with Crippen LogP contribution in [0.1, 0.15) is 10.4 Å². The van der Waals surface area contributed by atoms with Gasteiger partial charge in [0.2, 0.25) is 0 Å². The van der Waals surface area contributed by atoms with Gasteiger partial charge in [-0.2, -0.15) is 0 Å². The van der Waals surface area contributed by atoms with Gasteiger partial charge < -0.3 is 15.1 Å². The number of benzene rings is 1. The zero-order valence-electron chi connectivity index (χ0n) is 9.45. The average Bonchev–Trinajstić information content (AvgIpc) is 2.35. The maximum atomic E-state index is 12.0. The molecule has 2 N–H and O–H groups in total. The molecule has 4 nitrogen and oxygen atoms in total. The molecule has 0 aromatic heterocycles. The fraction of sp³-hybridized carbons (Fsp3) is 0.154. The number of Topliss-reactive ketones (excluding diaryl/α,β-unsaturated/α-hetero) is 1. The Hall–Kier alpha value is -1.94. The van der Waals surface area contributed by atoms with Crippen molar-refractivity contribution in [2.45, 2.75) is 5.50 Å². The Balaban J connectivity index is 2.10. The van der Waals surface area contributed by atoms with E-state index in [1.807, 2.05) is 6.08 Å². The standard InChI is InChI=1S/C13H12ClNO3/c14-13-3-1-2-6-15(13)8-12(18)9-4-5-10(16)11(17)7-9/h1-7,13,16-17H,8H2. The lowest BCUT2D eigenvalue weighted by Crippen LogP contribution is -2.31. The number of nitrogens with zero attached hydrogens (tertiary/aromatic N) is 1. The molecule has 18 heavy (non-hydrogen) atoms. The van der Waals surface area contributed by atoms with Crippen LogP contribution in [0.25, 0.3) is 0 Å². The Labute approximate surface area is 109 Å². The highest BCUT2D eigenvalue weighted by molar-refractivity contribution is 6.21. The molecular formula is C13H12ClNO3. The molecule has 0 aliphatic carbocycles. The van der Waals surface area contributed by atoms with Crippen molar-refractivity contribution in [2.24, 2.45) is 0 Å². The van der Waals surface area contributed by atoms with Crippen LogP contribution in [0.2, 0.25) is 0 Å². The van der Waals surface area contributed by atoms with E-state index in [4.69, 9.17) is 11.6 Å². The highest BCUT2D eigenvalue weighted by Crippen LogP contribution is 2.25. The Morgan fingerprint density at radius 3 is 2.72 bits per heavy atom. The molecule has 1 atom stereocenters. The molecule has 1 heterocycles. The Kier molecular flexibility index (Phi) is 3.58. The molecule has 1 aromatic rings. The predicted octanol–water partition coefficient (Wildman–Crippen LogP) is 2.23. The van der Waals surface area contributed by atoms with E-state index >= 15 is 0 Å². The number of phenolic OH excluding ortho intramolecular Hbond substituents is 2. The minimum atomic E-state index is -0.357. The van der Waals surface area contributed by atoms with E-state index in [1.54, 1.807) is 23.3 Å². The van der Waals surface area contributed by atoms with Crippen LogP contribution in [0.15, 0.2) is 42.6 Å². The van der Waals surface area contributed by atoms with Crippen molar-refractivity contribution in [3.63, 3.8) is 0 Å². The zero-order chi connectivity index (χ0) is 13.1. The first-order chi connectivity index (χ1) is 8.58. The first-order valence-corrected chi connectivity index (χ1v) is 5.81. The molecule has 0 fully saturated rings. The van der Waals surface area contributed by atoms with Crippen LogP contribution < -0.4 is 0 Å². The number of rotatable bonds is 3. The van der Waals surface area contributed by atoms with Crippen LogP contribution in [0.5, 0.6) is 11.5 Å². The molecule has 94 valence electrons. The van der Waals surface area contributed by atoms with Gasteiger partial charge in [-0.25, -0.2) is 0 Å². The summed E-state index contributed by atoms with van der Waals surface area (Å²) in [5.41, 5.74) is -0.0261. The van der Waals surface area contributed by atoms with Crippen LogP contribution in [0, 0.1) is 0 Å². The van der Waals surface area contributed by atoms with Crippen molar-refractivity contribution in [1.82, 2.24) is 4.90 Å². The van der Waals surface area contributed by atoms with Gasteiger partial charge in [-0.05, 0) is 30.4 Å². The van der Waals surface area contributed by atoms with Crippen molar-refractivity contribution >= 4 is 17.4 Å². The molecule has 0 spiro atoms. The first-order valence-electron chi connectivity index (χ1n) is 5.38. The lowest BCUT2D eigenvalue weighted by atomic mass is 10.1. The van der Waals surface area contributed by atoms with Gasteiger partial charge in [0.1, 0.15) is 5.50 Å². The van der Waals surface area contributed by atoms with Crippen molar-refractivity contribution in [3.8, 4) is 11.5 Å². The summed E-state index contributed by atoms with van der Waals surface area (Å²) in [6.45, 7) is 0.110. The van der Waals surface area contributed by atoms with E-state index < -0.39 is 0 Å². The zero-order valence-corrected chi connectivity index (χ0v) is 10.2. The van der Waals surface area contributed by atoms with E-state index in [1.165, 1.54) is 18.2 Å². The Morgan fingerprint density at radius 2 is 2.06 bits per heavy atom. The van der Waals surface area contributed by atoms with Crippen LogP contribution in [0.3, 0.4) is 0 Å². The third-order valence-corrected chi connectivity index (χ3v) is 3.00. The molecule has 0 saturated heterocycles. The predicted molar refractivity (Wildman–Crippen MR) is 68.7 cm³/mol. The second kappa shape index (κ2) is 5.14. The van der Waals surface area contributed by atoms with E-state index in [0.29, 0.717) is 5.56 Å². The summed E-state index contributed by atoms with van der Waals surface area (Å²) in [6.07, 6.45) is 7.10. The molecule has 5 heteroatoms. The number of aromatic hydroxyl groups is 2. The number of alkyl halides is 1. The van der Waals surface area contributed by atoms with Gasteiger partial charge in [-0.1, -0.05) is 17.7 Å². The minimum Gasteiger partial charge on any atom is -0.504 e. The number of allylic oxidation sites excluding steroid dienone is 2. The van der Waals surface area contributed by atoms with Gasteiger partial charge >= 0.3 is 0 Å². The minimum absolute atomic E-state index is 0.110. The number of hydrogen-bond acceptors (Lipinski definition) is 4. The Morgan fingerprint density at radius 1 is 1.28 bits per heavy atom. The molecule has 0 bridgehead atoms. The number of carbonyl (C=O) groups is 1. The first kappa shape index (κ1) is 12.5. The fourth-order valence-corrected chi connectivity index (χ4v) is 1.82. The maximum absolute atomic E-state index is 12.0. The largest absolute Gasteiger partial charge is 0.504 e. The van der Waals surface area contributed by atoms with Crippen molar-refractivity contribution in [2.75, 3.05) is 6.54 Å². The van der Waals surface area contributed by atoms with E-state index in [2.05, 4.69) is 0 Å². The highest BCUT2D eigenvalue weighted by atomic mass is 35.5. The quantitative estimate of drug-likeness (QED) is 0.381. The summed E-state index contributed by atoms with van der Waals surface area (Å²) in [6, 6.07) is 3.99. The van der Waals surface area contributed by atoms with Crippen LogP contribution in [-0.2, 0) is 0 Å². The monoisotopic (exact) mass is 265 g/mol. The molecule has 2 rings (SSSR count). The lowest BCUT2D eigenvalue weighted by molar-refractivity contribution is 0.0954. The summed E-state index contributed by atoms with van der Waals surface area (Å²) >= 11 is 6.02. The molecular weight excluding hydrogens is 254 g/mol. The number of carbonyl (C=O) groups excluding carboxylic acids is 1. The number of ketones is 1. The molecule has 1 unspecified atom stereocenters. The van der Waals surface area contributed by atoms with E-state index in [0.717, 1.165) is 0 Å². The number of halogens is 1. The van der Waals surface area contributed by atoms with E-state index in [-0.39, 0.29) is 29.3 Å². The Bertz CT molecular complexity index is 525. The average molecular weight is 266 g/mol. The smallest absolute Gasteiger partial charge is 0.182 e. The normalized spacial score (nSPS) is 18.1. The molecule has 0 amide bonds. The molecule has 0 saturated carbocycles. The van der Waals surface area contributed by atoms with Gasteiger partial charge in [0.25, 0.3) is 0 Å². The van der Waals surface area contributed by atoms with Gasteiger partial charge in [-0.3, -0.25) is 4.79 Å². The number of phenols is 2. The topological polar surface area (TPSA) is 60.8 Å². The summed E-state index contributed by atoms with van der Waals surface area (Å²) in [7, 11) is 0. The third kappa shape index (κ3) is 2.65. The molecule has 1 aliphatic heterocycles. The fourth-order valence-electron chi connectivity index (χ4n) is 1.60. The molecule has 1 aliphatic rings. The maximum Gasteiger partial charge on any atom is 0.182 e. The van der Waals surface area contributed by atoms with Crippen LogP contribution in [-0.4, -0.2) is 32.9 Å². The van der Waals surface area contributed by atoms with E-state index in [9.17, 15) is 15.0 Å². The van der Waals surface area contributed by atoms with Crippen molar-refractivity contribution < 1.29 is 15.0 Å². The van der Waals surface area contributed by atoms with Gasteiger partial charge in [0.15, 0.2) is 17.3 Å². The second-order valence-corrected chi connectivity index (χ2v) is 4.35. The van der Waals surface area contributed by atoms with Crippen LogP contribution >= 0.6 is 11.6 Å². The van der Waals surface area contributed by atoms with Gasteiger partial charge in [0.05, 0.1) is 6.54 Å². The second-order valence-electron chi connectivity index (χ2n) is 3.90. The lowest BCUT2D eigenvalue weighted by Gasteiger charge is -2.24. The summed E-state index contributed by atoms with van der Waals surface area (Å²) in [4.78, 5) is 13.6. The number of hydrogen-bond donors (Lipinski definition) is 2. The SMILES string of the molecule is O=C(CN1C=CC=CC1Cl)c1ccc(O)c(O)c1.